The smallest absolute Gasteiger partial charge is 0.151 e. The van der Waals surface area contributed by atoms with Crippen LogP contribution in [0.2, 0.25) is 0 Å². The third-order valence-corrected chi connectivity index (χ3v) is 5.62. The number of rotatable bonds is 7. The molecule has 1 rings (SSSR count). The van der Waals surface area contributed by atoms with Crippen molar-refractivity contribution >= 4 is 9.84 Å². The molecule has 0 atom stereocenters. The third kappa shape index (κ3) is 5.67. The van der Waals surface area contributed by atoms with Crippen LogP contribution in [0.1, 0.15) is 46.0 Å². The highest BCUT2D eigenvalue weighted by molar-refractivity contribution is 7.91. The van der Waals surface area contributed by atoms with Gasteiger partial charge in [0.05, 0.1) is 11.4 Å². The quantitative estimate of drug-likeness (QED) is 0.689. The third-order valence-electron chi connectivity index (χ3n) is 3.76. The zero-order chi connectivity index (χ0) is 13.6. The van der Waals surface area contributed by atoms with Crippen LogP contribution in [0.25, 0.3) is 0 Å². The molecule has 18 heavy (non-hydrogen) atoms. The van der Waals surface area contributed by atoms with Crippen LogP contribution in [-0.2, 0) is 9.84 Å². The normalized spacial score (nSPS) is 29.4. The van der Waals surface area contributed by atoms with Crippen molar-refractivity contribution in [2.45, 2.75) is 51.6 Å². The number of sulfone groups is 1. The fourth-order valence-electron chi connectivity index (χ4n) is 2.44. The van der Waals surface area contributed by atoms with E-state index < -0.39 is 15.4 Å². The van der Waals surface area contributed by atoms with Gasteiger partial charge in [-0.15, -0.1) is 0 Å². The van der Waals surface area contributed by atoms with Gasteiger partial charge in [0.2, 0.25) is 0 Å². The maximum Gasteiger partial charge on any atom is 0.151 e. The van der Waals surface area contributed by atoms with Crippen molar-refractivity contribution in [1.29, 1.82) is 0 Å². The van der Waals surface area contributed by atoms with Gasteiger partial charge < -0.3 is 10.4 Å². The summed E-state index contributed by atoms with van der Waals surface area (Å²) in [6.45, 7) is 5.04. The van der Waals surface area contributed by atoms with Gasteiger partial charge in [0.25, 0.3) is 0 Å². The predicted octanol–water partition coefficient (Wildman–Crippen LogP) is 1.34. The molecule has 0 amide bonds. The highest BCUT2D eigenvalue weighted by Crippen LogP contribution is 2.31. The van der Waals surface area contributed by atoms with Gasteiger partial charge in [-0.25, -0.2) is 8.42 Å². The molecule has 0 aliphatic heterocycles. The van der Waals surface area contributed by atoms with Crippen LogP contribution in [0, 0.1) is 5.92 Å². The summed E-state index contributed by atoms with van der Waals surface area (Å²) in [4.78, 5) is 0. The number of nitrogens with one attached hydrogen (secondary N) is 1. The second-order valence-corrected chi connectivity index (χ2v) is 8.04. The van der Waals surface area contributed by atoms with E-state index in [-0.39, 0.29) is 11.5 Å². The molecule has 0 spiro atoms. The topological polar surface area (TPSA) is 66.4 Å². The Labute approximate surface area is 111 Å². The van der Waals surface area contributed by atoms with Gasteiger partial charge in [-0.3, -0.25) is 0 Å². The number of hydrogen-bond acceptors (Lipinski definition) is 4. The lowest BCUT2D eigenvalue weighted by molar-refractivity contribution is -0.00559. The average Bonchev–Trinajstić information content (AvgIpc) is 2.29. The van der Waals surface area contributed by atoms with Gasteiger partial charge in [0, 0.05) is 18.8 Å². The second-order valence-electron chi connectivity index (χ2n) is 5.74. The highest BCUT2D eigenvalue weighted by atomic mass is 32.2. The number of aliphatic hydroxyl groups is 1. The Morgan fingerprint density at radius 1 is 1.28 bits per heavy atom. The molecule has 0 unspecified atom stereocenters. The molecule has 1 aliphatic rings. The summed E-state index contributed by atoms with van der Waals surface area (Å²) in [5, 5.41) is 13.4. The van der Waals surface area contributed by atoms with E-state index >= 15 is 0 Å². The van der Waals surface area contributed by atoms with Crippen LogP contribution in [-0.4, -0.2) is 43.7 Å². The maximum absolute atomic E-state index is 11.5. The molecule has 108 valence electrons. The zero-order valence-electron chi connectivity index (χ0n) is 11.6. The molecule has 0 aromatic rings. The molecule has 0 radical (unpaired) electrons. The van der Waals surface area contributed by atoms with Gasteiger partial charge in [0.1, 0.15) is 0 Å². The van der Waals surface area contributed by atoms with E-state index in [4.69, 9.17) is 0 Å². The van der Waals surface area contributed by atoms with E-state index in [1.165, 1.54) is 0 Å². The molecule has 0 heterocycles. The van der Waals surface area contributed by atoms with E-state index in [1.54, 1.807) is 0 Å². The van der Waals surface area contributed by atoms with E-state index in [9.17, 15) is 13.5 Å². The van der Waals surface area contributed by atoms with Gasteiger partial charge in [-0.1, -0.05) is 13.8 Å². The SMILES string of the molecule is CCCS(=O)(=O)CCNCC1(O)CCC(C)CC1. The Bertz CT molecular complexity index is 332. The Morgan fingerprint density at radius 2 is 1.89 bits per heavy atom. The van der Waals surface area contributed by atoms with Crippen molar-refractivity contribution in [3.8, 4) is 0 Å². The predicted molar refractivity (Wildman–Crippen MR) is 74.4 cm³/mol. The largest absolute Gasteiger partial charge is 0.389 e. The van der Waals surface area contributed by atoms with Gasteiger partial charge in [0.15, 0.2) is 9.84 Å². The Hall–Kier alpha value is -0.130. The minimum atomic E-state index is -2.91. The summed E-state index contributed by atoms with van der Waals surface area (Å²) in [6.07, 6.45) is 4.44. The molecule has 2 N–H and O–H groups in total. The molecule has 1 aliphatic carbocycles. The average molecular weight is 277 g/mol. The van der Waals surface area contributed by atoms with Crippen molar-refractivity contribution in [2.24, 2.45) is 5.92 Å². The monoisotopic (exact) mass is 277 g/mol. The first kappa shape index (κ1) is 15.9. The van der Waals surface area contributed by atoms with Gasteiger partial charge >= 0.3 is 0 Å². The van der Waals surface area contributed by atoms with E-state index in [0.717, 1.165) is 25.7 Å². The van der Waals surface area contributed by atoms with Crippen molar-refractivity contribution in [3.05, 3.63) is 0 Å². The molecule has 0 aromatic heterocycles. The van der Waals surface area contributed by atoms with Crippen LogP contribution in [0.15, 0.2) is 0 Å². The van der Waals surface area contributed by atoms with Crippen molar-refractivity contribution in [1.82, 2.24) is 5.32 Å². The lowest BCUT2D eigenvalue weighted by Crippen LogP contribution is -2.44. The molecule has 0 aromatic carbocycles. The first-order valence-electron chi connectivity index (χ1n) is 7.00. The lowest BCUT2D eigenvalue weighted by atomic mass is 9.79. The van der Waals surface area contributed by atoms with Gasteiger partial charge in [-0.2, -0.15) is 0 Å². The summed E-state index contributed by atoms with van der Waals surface area (Å²) < 4.78 is 23.0. The molecule has 0 saturated heterocycles. The Morgan fingerprint density at radius 3 is 2.44 bits per heavy atom. The Kier molecular flexibility index (Phi) is 6.08. The first-order valence-corrected chi connectivity index (χ1v) is 8.82. The summed E-state index contributed by atoms with van der Waals surface area (Å²) in [7, 11) is -2.91. The summed E-state index contributed by atoms with van der Waals surface area (Å²) in [5.41, 5.74) is -0.624. The molecule has 1 saturated carbocycles. The lowest BCUT2D eigenvalue weighted by Gasteiger charge is -2.35. The minimum Gasteiger partial charge on any atom is -0.389 e. The number of hydrogen-bond donors (Lipinski definition) is 2. The maximum atomic E-state index is 11.5. The molecule has 4 nitrogen and oxygen atoms in total. The summed E-state index contributed by atoms with van der Waals surface area (Å²) in [5.74, 6) is 1.14. The summed E-state index contributed by atoms with van der Waals surface area (Å²) >= 11 is 0. The molecular formula is C13H27NO3S. The standard InChI is InChI=1S/C13H27NO3S/c1-3-9-18(16,17)10-8-14-11-13(15)6-4-12(2)5-7-13/h12,14-15H,3-11H2,1-2H3. The minimum absolute atomic E-state index is 0.174. The molecule has 5 heteroatoms. The molecular weight excluding hydrogens is 250 g/mol. The van der Waals surface area contributed by atoms with Crippen LogP contribution in [0.4, 0.5) is 0 Å². The van der Waals surface area contributed by atoms with E-state index in [2.05, 4.69) is 12.2 Å². The fraction of sp³-hybridized carbons (Fsp3) is 1.00. The fourth-order valence-corrected chi connectivity index (χ4v) is 3.72. The van der Waals surface area contributed by atoms with Crippen LogP contribution in [0.5, 0.6) is 0 Å². The second kappa shape index (κ2) is 6.87. The Balaban J connectivity index is 2.21. The first-order chi connectivity index (χ1) is 8.37. The van der Waals surface area contributed by atoms with E-state index in [0.29, 0.717) is 25.4 Å². The van der Waals surface area contributed by atoms with Crippen molar-refractivity contribution in [2.75, 3.05) is 24.6 Å². The zero-order valence-corrected chi connectivity index (χ0v) is 12.4. The van der Waals surface area contributed by atoms with Gasteiger partial charge in [-0.05, 0) is 38.0 Å². The van der Waals surface area contributed by atoms with Crippen LogP contribution >= 0.6 is 0 Å². The van der Waals surface area contributed by atoms with Crippen molar-refractivity contribution in [3.63, 3.8) is 0 Å². The molecule has 0 bridgehead atoms. The van der Waals surface area contributed by atoms with E-state index in [1.807, 2.05) is 6.92 Å². The summed E-state index contributed by atoms with van der Waals surface area (Å²) in [6, 6.07) is 0. The van der Waals surface area contributed by atoms with Crippen LogP contribution < -0.4 is 5.32 Å². The van der Waals surface area contributed by atoms with Crippen molar-refractivity contribution < 1.29 is 13.5 Å². The molecule has 1 fully saturated rings. The highest BCUT2D eigenvalue weighted by Gasteiger charge is 2.31. The van der Waals surface area contributed by atoms with Crippen LogP contribution in [0.3, 0.4) is 0 Å².